The van der Waals surface area contributed by atoms with Crippen LogP contribution in [0.15, 0.2) is 0 Å². The van der Waals surface area contributed by atoms with E-state index in [0.29, 0.717) is 17.4 Å². The average molecular weight is 1110 g/mol. The summed E-state index contributed by atoms with van der Waals surface area (Å²) < 4.78 is 34.7. The van der Waals surface area contributed by atoms with Gasteiger partial charge in [-0.3, -0.25) is 18.6 Å². The molecule has 0 rings (SSSR count). The summed E-state index contributed by atoms with van der Waals surface area (Å²) in [6, 6.07) is 0. The zero-order chi connectivity index (χ0) is 56.3. The van der Waals surface area contributed by atoms with Gasteiger partial charge in [0.25, 0.3) is 0 Å². The third kappa shape index (κ3) is 64.1. The molecule has 460 valence electrons. The van der Waals surface area contributed by atoms with Gasteiger partial charge in [0.15, 0.2) is 6.10 Å². The first-order valence-corrected chi connectivity index (χ1v) is 35.8. The minimum absolute atomic E-state index is 0.0375. The Kier molecular flexibility index (Phi) is 58.9. The molecule has 0 radical (unpaired) electrons. The van der Waals surface area contributed by atoms with Crippen molar-refractivity contribution in [3.8, 4) is 0 Å². The highest BCUT2D eigenvalue weighted by Gasteiger charge is 2.27. The van der Waals surface area contributed by atoms with Gasteiger partial charge in [0.05, 0.1) is 27.7 Å². The van der Waals surface area contributed by atoms with Crippen molar-refractivity contribution in [1.29, 1.82) is 0 Å². The number of ether oxygens (including phenoxy) is 2. The van der Waals surface area contributed by atoms with E-state index in [1.165, 1.54) is 302 Å². The number of unbranched alkanes of at least 4 members (excludes halogenated alkanes) is 51. The van der Waals surface area contributed by atoms with Crippen molar-refractivity contribution in [2.75, 3.05) is 47.5 Å². The molecule has 0 aliphatic carbocycles. The predicted molar refractivity (Wildman–Crippen MR) is 331 cm³/mol. The van der Waals surface area contributed by atoms with Gasteiger partial charge < -0.3 is 18.9 Å². The normalized spacial score (nSPS) is 13.1. The number of hydrogen-bond acceptors (Lipinski definition) is 7. The van der Waals surface area contributed by atoms with Crippen LogP contribution in [0.25, 0.3) is 0 Å². The molecule has 0 amide bonds. The lowest BCUT2D eigenvalue weighted by molar-refractivity contribution is -0.870. The van der Waals surface area contributed by atoms with Crippen LogP contribution < -0.4 is 0 Å². The van der Waals surface area contributed by atoms with Crippen molar-refractivity contribution in [2.24, 2.45) is 0 Å². The molecule has 0 heterocycles. The summed E-state index contributed by atoms with van der Waals surface area (Å²) in [4.78, 5) is 35.7. The quantitative estimate of drug-likeness (QED) is 0.0278. The molecular formula is C67H135NO8P+. The molecule has 77 heavy (non-hydrogen) atoms. The van der Waals surface area contributed by atoms with Crippen LogP contribution in [0.3, 0.4) is 0 Å². The zero-order valence-corrected chi connectivity index (χ0v) is 53.4. The van der Waals surface area contributed by atoms with E-state index >= 15 is 0 Å². The van der Waals surface area contributed by atoms with E-state index in [4.69, 9.17) is 18.5 Å². The molecule has 0 saturated carbocycles. The maximum atomic E-state index is 12.8. The second kappa shape index (κ2) is 59.6. The Morgan fingerprint density at radius 1 is 0.351 bits per heavy atom. The summed E-state index contributed by atoms with van der Waals surface area (Å²) in [7, 11) is 1.50. The molecule has 1 N–H and O–H groups in total. The zero-order valence-electron chi connectivity index (χ0n) is 52.5. The number of carbonyl (C=O) groups is 2. The highest BCUT2D eigenvalue weighted by atomic mass is 31.2. The molecule has 0 aromatic carbocycles. The third-order valence-electron chi connectivity index (χ3n) is 15.9. The van der Waals surface area contributed by atoms with Crippen LogP contribution in [0.5, 0.6) is 0 Å². The van der Waals surface area contributed by atoms with Gasteiger partial charge in [0.2, 0.25) is 0 Å². The van der Waals surface area contributed by atoms with Gasteiger partial charge in [-0.25, -0.2) is 4.57 Å². The molecular weight excluding hydrogens is 978 g/mol. The first kappa shape index (κ1) is 76.0. The lowest BCUT2D eigenvalue weighted by Crippen LogP contribution is -2.37. The molecule has 0 saturated heterocycles. The van der Waals surface area contributed by atoms with Gasteiger partial charge in [0, 0.05) is 12.8 Å². The molecule has 0 aromatic heterocycles. The first-order valence-electron chi connectivity index (χ1n) is 34.3. The molecule has 9 nitrogen and oxygen atoms in total. The number of nitrogens with zero attached hydrogens (tertiary/aromatic N) is 1. The van der Waals surface area contributed by atoms with E-state index in [9.17, 15) is 19.0 Å². The van der Waals surface area contributed by atoms with Gasteiger partial charge in [-0.2, -0.15) is 0 Å². The molecule has 0 aliphatic heterocycles. The molecule has 2 unspecified atom stereocenters. The lowest BCUT2D eigenvalue weighted by atomic mass is 10.0. The molecule has 2 atom stereocenters. The number of carbonyl (C=O) groups excluding carboxylic acids is 2. The van der Waals surface area contributed by atoms with Crippen molar-refractivity contribution in [1.82, 2.24) is 0 Å². The van der Waals surface area contributed by atoms with Crippen molar-refractivity contribution in [2.45, 2.75) is 373 Å². The molecule has 0 aromatic rings. The van der Waals surface area contributed by atoms with E-state index in [0.717, 1.165) is 38.5 Å². The summed E-state index contributed by atoms with van der Waals surface area (Å²) >= 11 is 0. The number of quaternary nitrogens is 1. The summed E-state index contributed by atoms with van der Waals surface area (Å²) in [5.74, 6) is -0.771. The maximum Gasteiger partial charge on any atom is 0.472 e. The standard InChI is InChI=1S/C67H134NO8P/c1-6-8-10-12-14-16-18-20-22-24-25-26-27-28-29-30-31-32-33-34-35-36-37-38-39-40-41-42-43-44-46-48-50-52-54-56-58-60-67(70)76-65(64-75-77(71,72)74-62-61-68(3,4)5)63-73-66(69)59-57-55-53-51-49-47-45-23-21-19-17-15-13-11-9-7-2/h65H,6-64H2,1-5H3/p+1. The molecule has 0 fully saturated rings. The number of rotatable bonds is 65. The van der Waals surface area contributed by atoms with Gasteiger partial charge in [-0.1, -0.05) is 341 Å². The van der Waals surface area contributed by atoms with Crippen molar-refractivity contribution in [3.05, 3.63) is 0 Å². The van der Waals surface area contributed by atoms with Gasteiger partial charge in [0.1, 0.15) is 19.8 Å². The summed E-state index contributed by atoms with van der Waals surface area (Å²) in [6.07, 6.45) is 70.8. The number of phosphoric ester groups is 1. The molecule has 0 aliphatic rings. The smallest absolute Gasteiger partial charge is 0.462 e. The second-order valence-electron chi connectivity index (χ2n) is 24.9. The Labute approximate surface area is 480 Å². The van der Waals surface area contributed by atoms with Crippen LogP contribution >= 0.6 is 7.82 Å². The fourth-order valence-corrected chi connectivity index (χ4v) is 11.4. The Balaban J connectivity index is 3.87. The van der Waals surface area contributed by atoms with Crippen LogP contribution in [0.2, 0.25) is 0 Å². The number of hydrogen-bond donors (Lipinski definition) is 1. The van der Waals surface area contributed by atoms with Gasteiger partial charge >= 0.3 is 19.8 Å². The molecule has 0 spiro atoms. The Hall–Kier alpha value is -0.990. The fraction of sp³-hybridized carbons (Fsp3) is 0.970. The Morgan fingerprint density at radius 3 is 0.831 bits per heavy atom. The minimum atomic E-state index is -4.38. The van der Waals surface area contributed by atoms with Crippen molar-refractivity contribution in [3.63, 3.8) is 0 Å². The maximum absolute atomic E-state index is 12.8. The molecule has 10 heteroatoms. The predicted octanol–water partition coefficient (Wildman–Crippen LogP) is 21.8. The van der Waals surface area contributed by atoms with Crippen LogP contribution in [-0.2, 0) is 32.7 Å². The van der Waals surface area contributed by atoms with E-state index < -0.39 is 26.5 Å². The van der Waals surface area contributed by atoms with Crippen molar-refractivity contribution >= 4 is 19.8 Å². The monoisotopic (exact) mass is 1110 g/mol. The third-order valence-corrected chi connectivity index (χ3v) is 16.9. The van der Waals surface area contributed by atoms with E-state index in [2.05, 4.69) is 13.8 Å². The van der Waals surface area contributed by atoms with Crippen LogP contribution in [0.4, 0.5) is 0 Å². The highest BCUT2D eigenvalue weighted by Crippen LogP contribution is 2.43. The highest BCUT2D eigenvalue weighted by molar-refractivity contribution is 7.47. The first-order chi connectivity index (χ1) is 37.5. The summed E-state index contributed by atoms with van der Waals surface area (Å²) in [5, 5.41) is 0. The summed E-state index contributed by atoms with van der Waals surface area (Å²) in [5.41, 5.74) is 0. The number of likely N-dealkylation sites (N-methyl/N-ethyl adjacent to an activating group) is 1. The van der Waals surface area contributed by atoms with E-state index in [-0.39, 0.29) is 25.6 Å². The Bertz CT molecular complexity index is 1260. The topological polar surface area (TPSA) is 108 Å². The van der Waals surface area contributed by atoms with E-state index in [1.807, 2.05) is 21.1 Å². The Morgan fingerprint density at radius 2 is 0.584 bits per heavy atom. The summed E-state index contributed by atoms with van der Waals surface area (Å²) in [6.45, 7) is 4.52. The average Bonchev–Trinajstić information content (AvgIpc) is 3.39. The number of phosphoric acid groups is 1. The second-order valence-corrected chi connectivity index (χ2v) is 26.4. The van der Waals surface area contributed by atoms with Crippen molar-refractivity contribution < 1.29 is 42.1 Å². The fourth-order valence-electron chi connectivity index (χ4n) is 10.6. The van der Waals surface area contributed by atoms with Gasteiger partial charge in [-0.15, -0.1) is 0 Å². The van der Waals surface area contributed by atoms with Crippen LogP contribution in [-0.4, -0.2) is 74.9 Å². The van der Waals surface area contributed by atoms with Gasteiger partial charge in [-0.05, 0) is 12.8 Å². The van der Waals surface area contributed by atoms with E-state index in [1.54, 1.807) is 0 Å². The largest absolute Gasteiger partial charge is 0.472 e. The number of esters is 2. The SMILES string of the molecule is CCCCCCCCCCCCCCCCCCCCCCCCCCCCCCCCCCCCCCCC(=O)OC(COC(=O)CCCCCCCCCCCCCCCCCC)COP(=O)(O)OCC[N+](C)(C)C. The lowest BCUT2D eigenvalue weighted by Gasteiger charge is -2.24. The van der Waals surface area contributed by atoms with Crippen LogP contribution in [0.1, 0.15) is 367 Å². The minimum Gasteiger partial charge on any atom is -0.462 e. The molecule has 0 bridgehead atoms. The van der Waals surface area contributed by atoms with Crippen LogP contribution in [0, 0.1) is 0 Å².